The summed E-state index contributed by atoms with van der Waals surface area (Å²) < 4.78 is 25.2. The number of carbonyl (C=O) groups is 1. The summed E-state index contributed by atoms with van der Waals surface area (Å²) in [5.74, 6) is -1.16. The molecule has 2 nitrogen and oxygen atoms in total. The summed E-state index contributed by atoms with van der Waals surface area (Å²) >= 11 is 3.23. The highest BCUT2D eigenvalue weighted by molar-refractivity contribution is 9.10. The smallest absolute Gasteiger partial charge is 0.300 e. The number of aromatic nitrogens is 1. The van der Waals surface area contributed by atoms with Crippen molar-refractivity contribution in [1.29, 1.82) is 0 Å². The van der Waals surface area contributed by atoms with Gasteiger partial charge in [0.05, 0.1) is 5.56 Å². The van der Waals surface area contributed by atoms with Gasteiger partial charge < -0.3 is 4.98 Å². The fourth-order valence-electron chi connectivity index (χ4n) is 1.45. The maximum absolute atomic E-state index is 12.3. The number of rotatable bonds is 2. The molecule has 0 fully saturated rings. The Labute approximate surface area is 92.4 Å². The predicted molar refractivity (Wildman–Crippen MR) is 56.3 cm³/mol. The second kappa shape index (κ2) is 3.73. The average Bonchev–Trinajstić information content (AvgIpc) is 2.61. The van der Waals surface area contributed by atoms with Gasteiger partial charge in [-0.15, -0.1) is 0 Å². The highest BCUT2D eigenvalue weighted by Crippen LogP contribution is 2.28. The van der Waals surface area contributed by atoms with E-state index in [0.29, 0.717) is 15.4 Å². The number of halogens is 3. The number of alkyl halides is 2. The van der Waals surface area contributed by atoms with Gasteiger partial charge in [-0.3, -0.25) is 4.79 Å². The topological polar surface area (TPSA) is 32.9 Å². The lowest BCUT2D eigenvalue weighted by Gasteiger charge is -1.99. The normalized spacial score (nSPS) is 11.2. The molecule has 0 saturated carbocycles. The van der Waals surface area contributed by atoms with Crippen LogP contribution in [0.5, 0.6) is 0 Å². The molecule has 0 radical (unpaired) electrons. The molecule has 1 aromatic heterocycles. The number of nitrogens with one attached hydrogen (secondary N) is 1. The Morgan fingerprint density at radius 3 is 2.80 bits per heavy atom. The van der Waals surface area contributed by atoms with Crippen molar-refractivity contribution in [3.05, 3.63) is 34.4 Å². The Bertz CT molecular complexity index is 521. The molecule has 2 aromatic rings. The molecular formula is C10H6BrF2NO. The minimum absolute atomic E-state index is 0.0208. The summed E-state index contributed by atoms with van der Waals surface area (Å²) in [6.07, 6.45) is -1.67. The van der Waals surface area contributed by atoms with Crippen molar-refractivity contribution in [3.8, 4) is 0 Å². The Hall–Kier alpha value is -1.23. The van der Waals surface area contributed by atoms with Gasteiger partial charge in [-0.25, -0.2) is 8.78 Å². The molecule has 0 saturated heterocycles. The molecule has 15 heavy (non-hydrogen) atoms. The summed E-state index contributed by atoms with van der Waals surface area (Å²) in [7, 11) is 0. The van der Waals surface area contributed by atoms with Crippen molar-refractivity contribution in [2.24, 2.45) is 0 Å². The van der Waals surface area contributed by atoms with Crippen LogP contribution >= 0.6 is 15.9 Å². The van der Waals surface area contributed by atoms with Gasteiger partial charge in [0.15, 0.2) is 0 Å². The van der Waals surface area contributed by atoms with Crippen molar-refractivity contribution in [2.75, 3.05) is 0 Å². The van der Waals surface area contributed by atoms with Crippen LogP contribution in [0.1, 0.15) is 10.4 Å². The number of H-pyrrole nitrogens is 1. The van der Waals surface area contributed by atoms with E-state index in [0.717, 1.165) is 0 Å². The van der Waals surface area contributed by atoms with Crippen LogP contribution in [-0.2, 0) is 0 Å². The van der Waals surface area contributed by atoms with Gasteiger partial charge in [0, 0.05) is 21.6 Å². The third-order valence-electron chi connectivity index (χ3n) is 2.12. The molecule has 78 valence electrons. The standard InChI is InChI=1S/C10H6BrF2NO/c11-6-2-1-3-7-8(6)5(4-14-7)9(15)10(12)13/h1-4,10,14H. The number of hydrogen-bond acceptors (Lipinski definition) is 1. The molecular weight excluding hydrogens is 268 g/mol. The summed E-state index contributed by atoms with van der Waals surface area (Å²) in [6, 6.07) is 5.19. The van der Waals surface area contributed by atoms with E-state index in [1.165, 1.54) is 6.20 Å². The van der Waals surface area contributed by atoms with Crippen molar-refractivity contribution in [1.82, 2.24) is 4.98 Å². The first kappa shape index (κ1) is 10.3. The highest BCUT2D eigenvalue weighted by Gasteiger charge is 2.22. The highest BCUT2D eigenvalue weighted by atomic mass is 79.9. The van der Waals surface area contributed by atoms with Crippen molar-refractivity contribution in [2.45, 2.75) is 6.43 Å². The van der Waals surface area contributed by atoms with E-state index in [1.807, 2.05) is 0 Å². The SMILES string of the molecule is O=C(c1c[nH]c2cccc(Br)c12)C(F)F. The lowest BCUT2D eigenvalue weighted by Crippen LogP contribution is -2.09. The van der Waals surface area contributed by atoms with Gasteiger partial charge >= 0.3 is 6.43 Å². The van der Waals surface area contributed by atoms with Gasteiger partial charge in [0.25, 0.3) is 0 Å². The third-order valence-corrected chi connectivity index (χ3v) is 2.78. The molecule has 0 atom stereocenters. The first-order chi connectivity index (χ1) is 7.11. The Kier molecular flexibility index (Phi) is 2.56. The van der Waals surface area contributed by atoms with Crippen molar-refractivity contribution in [3.63, 3.8) is 0 Å². The lowest BCUT2D eigenvalue weighted by molar-refractivity contribution is 0.0680. The molecule has 1 heterocycles. The number of carbonyl (C=O) groups excluding carboxylic acids is 1. The minimum Gasteiger partial charge on any atom is -0.360 e. The molecule has 2 rings (SSSR count). The maximum atomic E-state index is 12.3. The lowest BCUT2D eigenvalue weighted by atomic mass is 10.1. The van der Waals surface area contributed by atoms with Gasteiger partial charge in [-0.2, -0.15) is 0 Å². The van der Waals surface area contributed by atoms with Crippen molar-refractivity contribution >= 4 is 32.6 Å². The van der Waals surface area contributed by atoms with E-state index in [2.05, 4.69) is 20.9 Å². The second-order valence-electron chi connectivity index (χ2n) is 3.03. The van der Waals surface area contributed by atoms with Crippen molar-refractivity contribution < 1.29 is 13.6 Å². The summed E-state index contributed by atoms with van der Waals surface area (Å²) in [4.78, 5) is 14.0. The van der Waals surface area contributed by atoms with Crippen LogP contribution in [0.2, 0.25) is 0 Å². The zero-order valence-electron chi connectivity index (χ0n) is 7.43. The van der Waals surface area contributed by atoms with Crippen LogP contribution in [0.25, 0.3) is 10.9 Å². The van der Waals surface area contributed by atoms with Crippen LogP contribution in [0.3, 0.4) is 0 Å². The summed E-state index contributed by atoms with van der Waals surface area (Å²) in [5.41, 5.74) is 0.681. The maximum Gasteiger partial charge on any atom is 0.300 e. The summed E-state index contributed by atoms with van der Waals surface area (Å²) in [5, 5.41) is 0.503. The molecule has 0 bridgehead atoms. The van der Waals surface area contributed by atoms with E-state index >= 15 is 0 Å². The van der Waals surface area contributed by atoms with Crippen LogP contribution in [0.4, 0.5) is 8.78 Å². The number of Topliss-reactive ketones (excluding diaryl/α,β-unsaturated/α-hetero) is 1. The fourth-order valence-corrected chi connectivity index (χ4v) is 2.03. The Morgan fingerprint density at radius 2 is 2.13 bits per heavy atom. The van der Waals surface area contributed by atoms with Gasteiger partial charge in [-0.05, 0) is 12.1 Å². The zero-order chi connectivity index (χ0) is 11.0. The number of hydrogen-bond donors (Lipinski definition) is 1. The molecule has 0 unspecified atom stereocenters. The third kappa shape index (κ3) is 1.67. The van der Waals surface area contributed by atoms with Crippen LogP contribution in [0, 0.1) is 0 Å². The number of aromatic amines is 1. The molecule has 0 aliphatic carbocycles. The Morgan fingerprint density at radius 1 is 1.40 bits per heavy atom. The van der Waals surface area contributed by atoms with Crippen LogP contribution < -0.4 is 0 Å². The number of ketones is 1. The number of fused-ring (bicyclic) bond motifs is 1. The molecule has 1 aromatic carbocycles. The molecule has 0 aliphatic heterocycles. The van der Waals surface area contributed by atoms with E-state index in [1.54, 1.807) is 18.2 Å². The predicted octanol–water partition coefficient (Wildman–Crippen LogP) is 3.38. The minimum atomic E-state index is -2.98. The van der Waals surface area contributed by atoms with E-state index in [9.17, 15) is 13.6 Å². The molecule has 0 amide bonds. The van der Waals surface area contributed by atoms with Crippen LogP contribution in [-0.4, -0.2) is 17.2 Å². The fraction of sp³-hybridized carbons (Fsp3) is 0.100. The number of benzene rings is 1. The first-order valence-electron chi connectivity index (χ1n) is 4.19. The quantitative estimate of drug-likeness (QED) is 0.836. The first-order valence-corrected chi connectivity index (χ1v) is 4.98. The molecule has 0 aliphatic rings. The van der Waals surface area contributed by atoms with Gasteiger partial charge in [-0.1, -0.05) is 22.0 Å². The van der Waals surface area contributed by atoms with E-state index < -0.39 is 12.2 Å². The Balaban J connectivity index is 2.67. The molecule has 5 heteroatoms. The zero-order valence-corrected chi connectivity index (χ0v) is 9.01. The van der Waals surface area contributed by atoms with E-state index in [-0.39, 0.29) is 5.56 Å². The monoisotopic (exact) mass is 273 g/mol. The van der Waals surface area contributed by atoms with Gasteiger partial charge in [0.2, 0.25) is 5.78 Å². The summed E-state index contributed by atoms with van der Waals surface area (Å²) in [6.45, 7) is 0. The largest absolute Gasteiger partial charge is 0.360 e. The van der Waals surface area contributed by atoms with Crippen LogP contribution in [0.15, 0.2) is 28.9 Å². The molecule has 0 spiro atoms. The molecule has 1 N–H and O–H groups in total. The average molecular weight is 274 g/mol. The van der Waals surface area contributed by atoms with Gasteiger partial charge in [0.1, 0.15) is 0 Å². The second-order valence-corrected chi connectivity index (χ2v) is 3.88. The van der Waals surface area contributed by atoms with E-state index in [4.69, 9.17) is 0 Å².